The molecule has 0 aromatic carbocycles. The molecule has 1 heterocycles. The standard InChI is InChI=1S/C11H8F6INO3/c1-2-21-7(20)4-5-3-6(18)8(22-11(15,16)17)9(19-5)10(12,13)14/h3H,2,4H2,1H3. The van der Waals surface area contributed by atoms with Gasteiger partial charge in [0, 0.05) is 0 Å². The lowest BCUT2D eigenvalue weighted by molar-refractivity contribution is -0.276. The summed E-state index contributed by atoms with van der Waals surface area (Å²) in [5, 5.41) is 0. The number of halogens is 7. The lowest BCUT2D eigenvalue weighted by Crippen LogP contribution is -2.23. The first-order valence-electron chi connectivity index (χ1n) is 5.62. The Balaban J connectivity index is 3.27. The van der Waals surface area contributed by atoms with Crippen LogP contribution in [0.2, 0.25) is 0 Å². The van der Waals surface area contributed by atoms with Gasteiger partial charge in [-0.2, -0.15) is 13.2 Å². The summed E-state index contributed by atoms with van der Waals surface area (Å²) >= 11 is 1.24. The first kappa shape index (κ1) is 18.8. The minimum absolute atomic E-state index is 0.0112. The lowest BCUT2D eigenvalue weighted by Gasteiger charge is -2.17. The number of nitrogens with zero attached hydrogens (tertiary/aromatic N) is 1. The zero-order valence-corrected chi connectivity index (χ0v) is 13.0. The van der Waals surface area contributed by atoms with Crippen LogP contribution in [0, 0.1) is 3.57 Å². The molecule has 1 aromatic rings. The van der Waals surface area contributed by atoms with Gasteiger partial charge in [-0.15, -0.1) is 13.2 Å². The molecule has 0 radical (unpaired) electrons. The predicted octanol–water partition coefficient (Wildman–Crippen LogP) is 3.71. The molecule has 11 heteroatoms. The van der Waals surface area contributed by atoms with E-state index >= 15 is 0 Å². The number of hydrogen-bond donors (Lipinski definition) is 0. The van der Waals surface area contributed by atoms with Crippen LogP contribution in [0.5, 0.6) is 5.75 Å². The van der Waals surface area contributed by atoms with Gasteiger partial charge in [-0.3, -0.25) is 4.79 Å². The molecule has 0 spiro atoms. The highest BCUT2D eigenvalue weighted by Gasteiger charge is 2.42. The van der Waals surface area contributed by atoms with Crippen molar-refractivity contribution in [3.8, 4) is 5.75 Å². The molecule has 124 valence electrons. The monoisotopic (exact) mass is 443 g/mol. The maximum atomic E-state index is 12.8. The highest BCUT2D eigenvalue weighted by Crippen LogP contribution is 2.40. The van der Waals surface area contributed by atoms with Crippen LogP contribution in [0.1, 0.15) is 18.3 Å². The number of hydrogen-bond acceptors (Lipinski definition) is 4. The van der Waals surface area contributed by atoms with Crippen LogP contribution in [-0.4, -0.2) is 23.9 Å². The van der Waals surface area contributed by atoms with Gasteiger partial charge in [0.15, 0.2) is 11.4 Å². The topological polar surface area (TPSA) is 48.4 Å². The summed E-state index contributed by atoms with van der Waals surface area (Å²) < 4.78 is 82.6. The molecule has 1 rings (SSSR count). The van der Waals surface area contributed by atoms with Gasteiger partial charge in [0.1, 0.15) is 0 Å². The van der Waals surface area contributed by atoms with E-state index < -0.39 is 39.9 Å². The Bertz CT molecular complexity index is 558. The van der Waals surface area contributed by atoms with Crippen LogP contribution in [0.4, 0.5) is 26.3 Å². The number of ether oxygens (including phenoxy) is 2. The third kappa shape index (κ3) is 5.50. The molecule has 0 bridgehead atoms. The van der Waals surface area contributed by atoms with E-state index in [-0.39, 0.29) is 12.3 Å². The molecular formula is C11H8F6INO3. The number of esters is 1. The van der Waals surface area contributed by atoms with Crippen LogP contribution >= 0.6 is 22.6 Å². The fourth-order valence-electron chi connectivity index (χ4n) is 1.41. The minimum Gasteiger partial charge on any atom is -0.466 e. The van der Waals surface area contributed by atoms with Crippen LogP contribution in [0.25, 0.3) is 0 Å². The largest absolute Gasteiger partial charge is 0.573 e. The molecule has 0 saturated carbocycles. The zero-order chi connectivity index (χ0) is 17.1. The molecule has 0 N–H and O–H groups in total. The molecule has 0 aliphatic rings. The SMILES string of the molecule is CCOC(=O)Cc1cc(I)c(OC(F)(F)F)c(C(F)(F)F)n1. The summed E-state index contributed by atoms with van der Waals surface area (Å²) in [6.45, 7) is 1.51. The van der Waals surface area contributed by atoms with E-state index in [9.17, 15) is 31.1 Å². The summed E-state index contributed by atoms with van der Waals surface area (Å²) in [5.74, 6) is -2.29. The van der Waals surface area contributed by atoms with Crippen molar-refractivity contribution in [2.75, 3.05) is 6.61 Å². The second-order valence-electron chi connectivity index (χ2n) is 3.80. The van der Waals surface area contributed by atoms with Gasteiger partial charge >= 0.3 is 18.5 Å². The van der Waals surface area contributed by atoms with Crippen molar-refractivity contribution in [3.63, 3.8) is 0 Å². The van der Waals surface area contributed by atoms with Crippen molar-refractivity contribution in [1.29, 1.82) is 0 Å². The van der Waals surface area contributed by atoms with Crippen LogP contribution in [0.3, 0.4) is 0 Å². The van der Waals surface area contributed by atoms with Gasteiger partial charge in [-0.05, 0) is 35.6 Å². The maximum Gasteiger partial charge on any atom is 0.573 e. The smallest absolute Gasteiger partial charge is 0.466 e. The molecule has 1 aromatic heterocycles. The second kappa shape index (κ2) is 6.87. The number of carbonyl (C=O) groups is 1. The van der Waals surface area contributed by atoms with Crippen molar-refractivity contribution in [2.45, 2.75) is 25.9 Å². The summed E-state index contributed by atoms with van der Waals surface area (Å²) in [4.78, 5) is 14.3. The fourth-order valence-corrected chi connectivity index (χ4v) is 2.13. The number of alkyl halides is 6. The summed E-state index contributed by atoms with van der Waals surface area (Å²) in [5.41, 5.74) is -2.22. The number of rotatable bonds is 4. The van der Waals surface area contributed by atoms with E-state index in [4.69, 9.17) is 0 Å². The predicted molar refractivity (Wildman–Crippen MR) is 69.0 cm³/mol. The number of carbonyl (C=O) groups excluding carboxylic acids is 1. The molecule has 0 saturated heterocycles. The third-order valence-corrected chi connectivity index (χ3v) is 2.90. The Morgan fingerprint density at radius 1 is 1.27 bits per heavy atom. The fraction of sp³-hybridized carbons (Fsp3) is 0.455. The van der Waals surface area contributed by atoms with Gasteiger partial charge in [0.25, 0.3) is 0 Å². The molecule has 0 fully saturated rings. The molecule has 22 heavy (non-hydrogen) atoms. The Morgan fingerprint density at radius 2 is 1.86 bits per heavy atom. The van der Waals surface area contributed by atoms with Gasteiger partial charge < -0.3 is 9.47 Å². The number of aromatic nitrogens is 1. The molecule has 0 aliphatic carbocycles. The first-order chi connectivity index (χ1) is 9.94. The molecule has 0 unspecified atom stereocenters. The van der Waals surface area contributed by atoms with E-state index in [1.54, 1.807) is 0 Å². The zero-order valence-electron chi connectivity index (χ0n) is 10.8. The Labute approximate surface area is 133 Å². The van der Waals surface area contributed by atoms with E-state index in [1.807, 2.05) is 0 Å². The normalized spacial score (nSPS) is 12.2. The quantitative estimate of drug-likeness (QED) is 0.405. The maximum absolute atomic E-state index is 12.8. The average Bonchev–Trinajstić information content (AvgIpc) is 2.29. The van der Waals surface area contributed by atoms with Gasteiger partial charge in [0.2, 0.25) is 0 Å². The third-order valence-electron chi connectivity index (χ3n) is 2.10. The molecule has 0 atom stereocenters. The lowest BCUT2D eigenvalue weighted by atomic mass is 10.2. The average molecular weight is 443 g/mol. The van der Waals surface area contributed by atoms with Gasteiger partial charge in [0.05, 0.1) is 22.3 Å². The van der Waals surface area contributed by atoms with Crippen molar-refractivity contribution in [3.05, 3.63) is 21.0 Å². The summed E-state index contributed by atoms with van der Waals surface area (Å²) in [6, 6.07) is 0.897. The Hall–Kier alpha value is -1.27. The van der Waals surface area contributed by atoms with Crippen LogP contribution in [0.15, 0.2) is 6.07 Å². The van der Waals surface area contributed by atoms with Crippen LogP contribution < -0.4 is 4.74 Å². The molecular weight excluding hydrogens is 435 g/mol. The Morgan fingerprint density at radius 3 is 2.32 bits per heavy atom. The molecule has 4 nitrogen and oxygen atoms in total. The van der Waals surface area contributed by atoms with Crippen molar-refractivity contribution in [2.24, 2.45) is 0 Å². The van der Waals surface area contributed by atoms with Crippen LogP contribution in [-0.2, 0) is 22.1 Å². The van der Waals surface area contributed by atoms with E-state index in [0.717, 1.165) is 6.07 Å². The summed E-state index contributed by atoms with van der Waals surface area (Å²) in [7, 11) is 0. The number of pyridine rings is 1. The van der Waals surface area contributed by atoms with Gasteiger partial charge in [-0.1, -0.05) is 0 Å². The van der Waals surface area contributed by atoms with Crippen molar-refractivity contribution in [1.82, 2.24) is 4.98 Å². The first-order valence-corrected chi connectivity index (χ1v) is 6.70. The molecule has 0 amide bonds. The minimum atomic E-state index is -5.30. The van der Waals surface area contributed by atoms with Gasteiger partial charge in [-0.25, -0.2) is 4.98 Å². The van der Waals surface area contributed by atoms with E-state index in [2.05, 4.69) is 14.5 Å². The van der Waals surface area contributed by atoms with Crippen molar-refractivity contribution >= 4 is 28.6 Å². The second-order valence-corrected chi connectivity index (χ2v) is 4.96. The molecule has 0 aliphatic heterocycles. The van der Waals surface area contributed by atoms with E-state index in [1.165, 1.54) is 29.5 Å². The highest BCUT2D eigenvalue weighted by atomic mass is 127. The summed E-state index contributed by atoms with van der Waals surface area (Å²) in [6.07, 6.45) is -11.1. The van der Waals surface area contributed by atoms with E-state index in [0.29, 0.717) is 0 Å². The highest BCUT2D eigenvalue weighted by molar-refractivity contribution is 14.1. The Kier molecular flexibility index (Phi) is 5.87. The van der Waals surface area contributed by atoms with Crippen molar-refractivity contribution < 1.29 is 40.6 Å².